The number of rotatable bonds is 5. The Morgan fingerprint density at radius 2 is 2.20 bits per heavy atom. The van der Waals surface area contributed by atoms with Crippen molar-refractivity contribution in [3.8, 4) is 0 Å². The van der Waals surface area contributed by atoms with Gasteiger partial charge < -0.3 is 10.2 Å². The molecule has 0 amide bonds. The molecule has 84 valence electrons. The zero-order chi connectivity index (χ0) is 11.4. The summed E-state index contributed by atoms with van der Waals surface area (Å²) in [6, 6.07) is 3.45. The average Bonchev–Trinajstić information content (AvgIpc) is 2.62. The number of aliphatic hydroxyl groups is 1. The van der Waals surface area contributed by atoms with Crippen LogP contribution in [0.1, 0.15) is 28.4 Å². The Balaban J connectivity index is 2.48. The Morgan fingerprint density at radius 1 is 1.53 bits per heavy atom. The Kier molecular flexibility index (Phi) is 4.63. The lowest BCUT2D eigenvalue weighted by Gasteiger charge is -2.12. The fourth-order valence-corrected chi connectivity index (χ4v) is 2.81. The molecule has 15 heavy (non-hydrogen) atoms. The van der Waals surface area contributed by atoms with E-state index in [1.54, 1.807) is 24.8 Å². The third-order valence-corrected chi connectivity index (χ3v) is 4.69. The van der Waals surface area contributed by atoms with Crippen LogP contribution in [0.2, 0.25) is 0 Å². The molecule has 1 aromatic heterocycles. The first-order chi connectivity index (χ1) is 7.00. The van der Waals surface area contributed by atoms with Crippen LogP contribution < -0.4 is 0 Å². The van der Waals surface area contributed by atoms with Crippen LogP contribution in [0.15, 0.2) is 12.1 Å². The Hall–Kier alpha value is -0.520. The fourth-order valence-electron chi connectivity index (χ4n) is 0.923. The Morgan fingerprint density at radius 3 is 2.67 bits per heavy atom. The Bertz CT molecular complexity index is 333. The largest absolute Gasteiger partial charge is 0.477 e. The molecule has 0 fully saturated rings. The summed E-state index contributed by atoms with van der Waals surface area (Å²) >= 11 is 2.92. The van der Waals surface area contributed by atoms with Crippen molar-refractivity contribution in [3.63, 3.8) is 0 Å². The van der Waals surface area contributed by atoms with E-state index < -0.39 is 5.97 Å². The minimum absolute atomic E-state index is 0.167. The first kappa shape index (κ1) is 12.5. The van der Waals surface area contributed by atoms with E-state index in [4.69, 9.17) is 5.11 Å². The summed E-state index contributed by atoms with van der Waals surface area (Å²) in [5, 5.41) is 18.2. The molecule has 0 aliphatic heterocycles. The molecular formula is C10H14O3S2. The van der Waals surface area contributed by atoms with Crippen molar-refractivity contribution in [2.75, 3.05) is 0 Å². The normalized spacial score (nSPS) is 14.9. The van der Waals surface area contributed by atoms with Crippen molar-refractivity contribution in [2.45, 2.75) is 31.0 Å². The maximum Gasteiger partial charge on any atom is 0.345 e. The zero-order valence-corrected chi connectivity index (χ0v) is 10.3. The predicted molar refractivity (Wildman–Crippen MR) is 63.7 cm³/mol. The molecule has 1 heterocycles. The molecule has 2 unspecified atom stereocenters. The minimum Gasteiger partial charge on any atom is -0.477 e. The molecule has 0 saturated heterocycles. The highest BCUT2D eigenvalue weighted by atomic mass is 32.2. The fraction of sp³-hybridized carbons (Fsp3) is 0.500. The van der Waals surface area contributed by atoms with Gasteiger partial charge in [-0.3, -0.25) is 0 Å². The smallest absolute Gasteiger partial charge is 0.345 e. The number of hydrogen-bond acceptors (Lipinski definition) is 4. The number of carbonyl (C=O) groups is 1. The third kappa shape index (κ3) is 3.85. The van der Waals surface area contributed by atoms with Crippen LogP contribution in [0.4, 0.5) is 0 Å². The van der Waals surface area contributed by atoms with Gasteiger partial charge in [-0.15, -0.1) is 11.3 Å². The number of hydrogen-bond donors (Lipinski definition) is 2. The molecule has 0 aliphatic carbocycles. The van der Waals surface area contributed by atoms with Crippen LogP contribution in [-0.2, 0) is 5.75 Å². The molecule has 0 aliphatic rings. The molecule has 1 rings (SSSR count). The quantitative estimate of drug-likeness (QED) is 0.838. The topological polar surface area (TPSA) is 57.5 Å². The summed E-state index contributed by atoms with van der Waals surface area (Å²) in [7, 11) is 0. The average molecular weight is 246 g/mol. The second-order valence-electron chi connectivity index (χ2n) is 3.33. The summed E-state index contributed by atoms with van der Waals surface area (Å²) in [5.74, 6) is -0.121. The number of aliphatic hydroxyl groups excluding tert-OH is 1. The number of thiophene rings is 1. The molecule has 1 aromatic rings. The van der Waals surface area contributed by atoms with Crippen LogP contribution in [0.5, 0.6) is 0 Å². The van der Waals surface area contributed by atoms with E-state index in [2.05, 4.69) is 0 Å². The van der Waals surface area contributed by atoms with Gasteiger partial charge in [-0.25, -0.2) is 4.79 Å². The van der Waals surface area contributed by atoms with Gasteiger partial charge in [0.1, 0.15) is 4.88 Å². The van der Waals surface area contributed by atoms with Gasteiger partial charge in [0.15, 0.2) is 0 Å². The van der Waals surface area contributed by atoms with Gasteiger partial charge in [0, 0.05) is 15.9 Å². The van der Waals surface area contributed by atoms with E-state index in [0.717, 1.165) is 10.6 Å². The Labute approximate surface area is 97.1 Å². The summed E-state index contributed by atoms with van der Waals surface area (Å²) in [4.78, 5) is 12.0. The zero-order valence-electron chi connectivity index (χ0n) is 8.64. The van der Waals surface area contributed by atoms with Gasteiger partial charge in [-0.1, -0.05) is 6.92 Å². The lowest BCUT2D eigenvalue weighted by Crippen LogP contribution is -2.15. The van der Waals surface area contributed by atoms with Crippen LogP contribution in [0.3, 0.4) is 0 Å². The highest BCUT2D eigenvalue weighted by molar-refractivity contribution is 7.99. The van der Waals surface area contributed by atoms with Gasteiger partial charge in [-0.2, -0.15) is 11.8 Å². The molecule has 0 bridgehead atoms. The van der Waals surface area contributed by atoms with Crippen LogP contribution in [0.25, 0.3) is 0 Å². The summed E-state index contributed by atoms with van der Waals surface area (Å²) in [5.41, 5.74) is 0. The third-order valence-electron chi connectivity index (χ3n) is 2.04. The summed E-state index contributed by atoms with van der Waals surface area (Å²) < 4.78 is 0. The van der Waals surface area contributed by atoms with Crippen molar-refractivity contribution in [1.29, 1.82) is 0 Å². The highest BCUT2D eigenvalue weighted by Crippen LogP contribution is 2.25. The van der Waals surface area contributed by atoms with E-state index in [0.29, 0.717) is 4.88 Å². The van der Waals surface area contributed by atoms with Crippen molar-refractivity contribution in [1.82, 2.24) is 0 Å². The van der Waals surface area contributed by atoms with Crippen molar-refractivity contribution in [2.24, 2.45) is 0 Å². The monoisotopic (exact) mass is 246 g/mol. The molecule has 5 heteroatoms. The highest BCUT2D eigenvalue weighted by Gasteiger charge is 2.11. The molecule has 3 nitrogen and oxygen atoms in total. The van der Waals surface area contributed by atoms with Crippen LogP contribution >= 0.6 is 23.1 Å². The van der Waals surface area contributed by atoms with E-state index in [-0.39, 0.29) is 11.4 Å². The molecule has 2 N–H and O–H groups in total. The second-order valence-corrected chi connectivity index (χ2v) is 5.86. The molecule has 0 radical (unpaired) electrons. The predicted octanol–water partition coefficient (Wildman–Crippen LogP) is 2.45. The van der Waals surface area contributed by atoms with E-state index in [1.165, 1.54) is 11.3 Å². The standard InChI is InChI=1S/C10H14O3S2/c1-6(11)7(2)14-5-8-3-4-9(15-8)10(12)13/h3-4,6-7,11H,5H2,1-2H3,(H,12,13). The van der Waals surface area contributed by atoms with E-state index >= 15 is 0 Å². The van der Waals surface area contributed by atoms with Crippen molar-refractivity contribution in [3.05, 3.63) is 21.9 Å². The number of carboxylic acids is 1. The maximum absolute atomic E-state index is 10.6. The van der Waals surface area contributed by atoms with Gasteiger partial charge >= 0.3 is 5.97 Å². The molecule has 0 spiro atoms. The summed E-state index contributed by atoms with van der Waals surface area (Å²) in [6.45, 7) is 3.72. The maximum atomic E-state index is 10.6. The number of carboxylic acid groups (broad SMARTS) is 1. The van der Waals surface area contributed by atoms with Gasteiger partial charge in [0.2, 0.25) is 0 Å². The number of aromatic carboxylic acids is 1. The van der Waals surface area contributed by atoms with E-state index in [9.17, 15) is 9.90 Å². The molecular weight excluding hydrogens is 232 g/mol. The first-order valence-electron chi connectivity index (χ1n) is 4.62. The lowest BCUT2D eigenvalue weighted by molar-refractivity contribution is 0.0702. The van der Waals surface area contributed by atoms with Crippen LogP contribution in [-0.4, -0.2) is 27.5 Å². The second kappa shape index (κ2) is 5.53. The van der Waals surface area contributed by atoms with Gasteiger partial charge in [0.05, 0.1) is 6.10 Å². The van der Waals surface area contributed by atoms with Gasteiger partial charge in [0.25, 0.3) is 0 Å². The number of thioether (sulfide) groups is 1. The molecule has 0 saturated carbocycles. The van der Waals surface area contributed by atoms with E-state index in [1.807, 2.05) is 13.0 Å². The summed E-state index contributed by atoms with van der Waals surface area (Å²) in [6.07, 6.45) is -0.339. The lowest BCUT2D eigenvalue weighted by atomic mass is 10.3. The van der Waals surface area contributed by atoms with Crippen molar-refractivity contribution < 1.29 is 15.0 Å². The molecule has 2 atom stereocenters. The van der Waals surface area contributed by atoms with Gasteiger partial charge in [-0.05, 0) is 19.1 Å². The van der Waals surface area contributed by atoms with Crippen LogP contribution in [0, 0.1) is 0 Å². The first-order valence-corrected chi connectivity index (χ1v) is 6.49. The minimum atomic E-state index is -0.875. The van der Waals surface area contributed by atoms with Crippen molar-refractivity contribution >= 4 is 29.1 Å². The molecule has 0 aromatic carbocycles. The SMILES string of the molecule is CC(O)C(C)SCc1ccc(C(=O)O)s1.